The molecule has 0 bridgehead atoms. The van der Waals surface area contributed by atoms with Crippen LogP contribution in [0.2, 0.25) is 0 Å². The molecule has 120 valence electrons. The van der Waals surface area contributed by atoms with Gasteiger partial charge in [-0.05, 0) is 17.2 Å². The Bertz CT molecular complexity index is 830. The van der Waals surface area contributed by atoms with Crippen LogP contribution in [-0.2, 0) is 16.4 Å². The van der Waals surface area contributed by atoms with E-state index in [9.17, 15) is 8.42 Å². The largest absolute Gasteiger partial charge is 0.372 e. The van der Waals surface area contributed by atoms with Gasteiger partial charge in [-0.3, -0.25) is 9.71 Å². The van der Waals surface area contributed by atoms with Gasteiger partial charge in [-0.1, -0.05) is 42.5 Å². The minimum absolute atomic E-state index is 0.592. The van der Waals surface area contributed by atoms with Crippen LogP contribution in [0.4, 0.5) is 5.69 Å². The molecule has 2 N–H and O–H groups in total. The van der Waals surface area contributed by atoms with Crippen molar-refractivity contribution < 1.29 is 8.42 Å². The molecule has 5 nitrogen and oxygen atoms in total. The average molecular weight is 329 g/mol. The SMILES string of the molecule is CS(=O)(=O)Nc1cccc(CC2=NCCN2)c1-c1ccccc1. The maximum absolute atomic E-state index is 11.7. The van der Waals surface area contributed by atoms with Gasteiger partial charge in [-0.2, -0.15) is 0 Å². The summed E-state index contributed by atoms with van der Waals surface area (Å²) in [5.41, 5.74) is 3.51. The summed E-state index contributed by atoms with van der Waals surface area (Å²) in [5, 5.41) is 3.26. The standard InChI is InChI=1S/C17H19N3O2S/c1-23(21,22)20-15-9-5-8-14(12-16-18-10-11-19-16)17(15)13-6-3-2-4-7-13/h2-9,20H,10-12H2,1H3,(H,18,19). The fourth-order valence-corrected chi connectivity index (χ4v) is 3.29. The van der Waals surface area contributed by atoms with Gasteiger partial charge in [-0.15, -0.1) is 0 Å². The van der Waals surface area contributed by atoms with E-state index in [2.05, 4.69) is 15.0 Å². The quantitative estimate of drug-likeness (QED) is 0.884. The Morgan fingerprint density at radius 3 is 2.57 bits per heavy atom. The first kappa shape index (κ1) is 15.6. The van der Waals surface area contributed by atoms with Crippen LogP contribution in [0.15, 0.2) is 53.5 Å². The molecular formula is C17H19N3O2S. The molecule has 0 radical (unpaired) electrons. The second kappa shape index (κ2) is 6.42. The van der Waals surface area contributed by atoms with Gasteiger partial charge in [0.05, 0.1) is 18.5 Å². The van der Waals surface area contributed by atoms with Crippen molar-refractivity contribution in [2.24, 2.45) is 4.99 Å². The summed E-state index contributed by atoms with van der Waals surface area (Å²) in [7, 11) is -3.35. The van der Waals surface area contributed by atoms with Crippen LogP contribution in [0.25, 0.3) is 11.1 Å². The normalized spacial score (nSPS) is 14.2. The average Bonchev–Trinajstić information content (AvgIpc) is 3.00. The Kier molecular flexibility index (Phi) is 4.34. The molecule has 2 aromatic rings. The minimum Gasteiger partial charge on any atom is -0.372 e. The van der Waals surface area contributed by atoms with Gasteiger partial charge in [0.15, 0.2) is 0 Å². The van der Waals surface area contributed by atoms with Gasteiger partial charge in [0.1, 0.15) is 5.84 Å². The zero-order chi connectivity index (χ0) is 16.3. The maximum atomic E-state index is 11.7. The van der Waals surface area contributed by atoms with Gasteiger partial charge < -0.3 is 5.32 Å². The Balaban J connectivity index is 2.09. The van der Waals surface area contributed by atoms with Crippen molar-refractivity contribution in [3.63, 3.8) is 0 Å². The summed E-state index contributed by atoms with van der Waals surface area (Å²) in [6.07, 6.45) is 1.82. The van der Waals surface area contributed by atoms with Crippen molar-refractivity contribution in [3.8, 4) is 11.1 Å². The molecule has 0 saturated heterocycles. The highest BCUT2D eigenvalue weighted by atomic mass is 32.2. The number of rotatable bonds is 5. The van der Waals surface area contributed by atoms with Crippen molar-refractivity contribution >= 4 is 21.5 Å². The predicted molar refractivity (Wildman–Crippen MR) is 94.4 cm³/mol. The molecular weight excluding hydrogens is 310 g/mol. The van der Waals surface area contributed by atoms with E-state index in [1.807, 2.05) is 42.5 Å². The smallest absolute Gasteiger partial charge is 0.229 e. The maximum Gasteiger partial charge on any atom is 0.229 e. The van der Waals surface area contributed by atoms with E-state index in [1.165, 1.54) is 0 Å². The number of amidine groups is 1. The summed E-state index contributed by atoms with van der Waals surface area (Å²) in [5.74, 6) is 0.943. The number of benzene rings is 2. The molecule has 0 unspecified atom stereocenters. The number of hydrogen-bond acceptors (Lipinski definition) is 4. The molecule has 0 spiro atoms. The molecule has 0 amide bonds. The molecule has 1 aliphatic rings. The molecule has 3 rings (SSSR count). The summed E-state index contributed by atoms with van der Waals surface area (Å²) < 4.78 is 26.0. The molecule has 0 saturated carbocycles. The van der Waals surface area contributed by atoms with Gasteiger partial charge in [0, 0.05) is 18.5 Å². The molecule has 0 aromatic heterocycles. The molecule has 0 fully saturated rings. The lowest BCUT2D eigenvalue weighted by atomic mass is 9.95. The lowest BCUT2D eigenvalue weighted by molar-refractivity contribution is 0.607. The van der Waals surface area contributed by atoms with E-state index in [0.717, 1.165) is 41.9 Å². The summed E-state index contributed by atoms with van der Waals surface area (Å²) in [6, 6.07) is 15.5. The highest BCUT2D eigenvalue weighted by Crippen LogP contribution is 2.32. The van der Waals surface area contributed by atoms with Gasteiger partial charge >= 0.3 is 0 Å². The molecule has 6 heteroatoms. The Labute approximate surface area is 136 Å². The zero-order valence-electron chi connectivity index (χ0n) is 12.9. The minimum atomic E-state index is -3.35. The predicted octanol–water partition coefficient (Wildman–Crippen LogP) is 2.27. The van der Waals surface area contributed by atoms with E-state index in [4.69, 9.17) is 0 Å². The first-order valence-corrected chi connectivity index (χ1v) is 9.34. The van der Waals surface area contributed by atoms with E-state index >= 15 is 0 Å². The van der Waals surface area contributed by atoms with E-state index in [0.29, 0.717) is 12.1 Å². The number of anilines is 1. The number of nitrogens with zero attached hydrogens (tertiary/aromatic N) is 1. The zero-order valence-corrected chi connectivity index (χ0v) is 13.7. The van der Waals surface area contributed by atoms with Crippen LogP contribution in [0.3, 0.4) is 0 Å². The third-order valence-electron chi connectivity index (χ3n) is 3.61. The second-order valence-electron chi connectivity index (χ2n) is 5.51. The summed E-state index contributed by atoms with van der Waals surface area (Å²) in [6.45, 7) is 1.65. The second-order valence-corrected chi connectivity index (χ2v) is 7.26. The van der Waals surface area contributed by atoms with Crippen molar-refractivity contribution in [3.05, 3.63) is 54.1 Å². The van der Waals surface area contributed by atoms with Gasteiger partial charge in [0.25, 0.3) is 0 Å². The highest BCUT2D eigenvalue weighted by molar-refractivity contribution is 7.92. The summed E-state index contributed by atoms with van der Waals surface area (Å²) >= 11 is 0. The number of aliphatic imine (C=N–C) groups is 1. The summed E-state index contributed by atoms with van der Waals surface area (Å²) in [4.78, 5) is 4.44. The number of hydrogen-bond donors (Lipinski definition) is 2. The van der Waals surface area contributed by atoms with Crippen molar-refractivity contribution in [2.45, 2.75) is 6.42 Å². The van der Waals surface area contributed by atoms with Crippen LogP contribution in [0, 0.1) is 0 Å². The van der Waals surface area contributed by atoms with E-state index in [-0.39, 0.29) is 0 Å². The van der Waals surface area contributed by atoms with Crippen LogP contribution in [-0.4, -0.2) is 33.6 Å². The fourth-order valence-electron chi connectivity index (χ4n) is 2.72. The van der Waals surface area contributed by atoms with Crippen molar-refractivity contribution in [2.75, 3.05) is 24.1 Å². The van der Waals surface area contributed by atoms with Crippen molar-refractivity contribution in [1.82, 2.24) is 5.32 Å². The topological polar surface area (TPSA) is 70.6 Å². The van der Waals surface area contributed by atoms with Crippen molar-refractivity contribution in [1.29, 1.82) is 0 Å². The number of sulfonamides is 1. The van der Waals surface area contributed by atoms with Gasteiger partial charge in [-0.25, -0.2) is 8.42 Å². The van der Waals surface area contributed by atoms with Crippen LogP contribution in [0.5, 0.6) is 0 Å². The van der Waals surface area contributed by atoms with Crippen LogP contribution in [0.1, 0.15) is 5.56 Å². The Morgan fingerprint density at radius 2 is 1.91 bits per heavy atom. The van der Waals surface area contributed by atoms with E-state index < -0.39 is 10.0 Å². The lowest BCUT2D eigenvalue weighted by Crippen LogP contribution is -2.21. The molecule has 23 heavy (non-hydrogen) atoms. The molecule has 1 aliphatic heterocycles. The monoisotopic (exact) mass is 329 g/mol. The Morgan fingerprint density at radius 1 is 1.13 bits per heavy atom. The van der Waals surface area contributed by atoms with Gasteiger partial charge in [0.2, 0.25) is 10.0 Å². The molecule has 1 heterocycles. The first-order chi connectivity index (χ1) is 11.0. The Hall–Kier alpha value is -2.34. The first-order valence-electron chi connectivity index (χ1n) is 7.45. The number of nitrogens with one attached hydrogen (secondary N) is 2. The molecule has 0 aliphatic carbocycles. The third kappa shape index (κ3) is 3.90. The molecule has 2 aromatic carbocycles. The van der Waals surface area contributed by atoms with Crippen LogP contribution >= 0.6 is 0 Å². The highest BCUT2D eigenvalue weighted by Gasteiger charge is 2.16. The fraction of sp³-hybridized carbons (Fsp3) is 0.235. The molecule has 0 atom stereocenters. The van der Waals surface area contributed by atoms with E-state index in [1.54, 1.807) is 6.07 Å². The lowest BCUT2D eigenvalue weighted by Gasteiger charge is -2.16. The van der Waals surface area contributed by atoms with Crippen LogP contribution < -0.4 is 10.0 Å². The third-order valence-corrected chi connectivity index (χ3v) is 4.20.